The molecule has 0 spiro atoms. The molecule has 5 heteroatoms. The molecule has 5 nitrogen and oxygen atoms in total. The third kappa shape index (κ3) is 3.54. The monoisotopic (exact) mass is 261 g/mol. The number of amidine groups is 1. The Bertz CT molecular complexity index is 487. The van der Waals surface area contributed by atoms with Crippen LogP contribution in [-0.4, -0.2) is 34.9 Å². The Morgan fingerprint density at radius 3 is 3.00 bits per heavy atom. The standard InChI is InChI=1S/C14H19N3O2/c15-13(16)11-4-1-3-10(7-11)8-17-6-2-5-12(9-17)14(18)19/h1,3-4,7,12H,2,5-6,8-9H2,(H3,15,16)(H,18,19). The maximum atomic E-state index is 11.0. The van der Waals surface area contributed by atoms with Crippen LogP contribution in [0.25, 0.3) is 0 Å². The number of nitrogens with one attached hydrogen (secondary N) is 1. The molecule has 1 unspecified atom stereocenters. The molecular formula is C14H19N3O2. The van der Waals surface area contributed by atoms with Gasteiger partial charge in [0, 0.05) is 18.7 Å². The van der Waals surface area contributed by atoms with Gasteiger partial charge in [-0.2, -0.15) is 0 Å². The summed E-state index contributed by atoms with van der Waals surface area (Å²) in [6.07, 6.45) is 1.68. The number of benzene rings is 1. The molecule has 1 aromatic carbocycles. The van der Waals surface area contributed by atoms with Gasteiger partial charge in [0.2, 0.25) is 0 Å². The number of carboxylic acid groups (broad SMARTS) is 1. The molecule has 1 saturated heterocycles. The van der Waals surface area contributed by atoms with E-state index in [9.17, 15) is 4.79 Å². The number of nitrogens with two attached hydrogens (primary N) is 1. The van der Waals surface area contributed by atoms with E-state index in [-0.39, 0.29) is 11.8 Å². The predicted molar refractivity (Wildman–Crippen MR) is 73.1 cm³/mol. The van der Waals surface area contributed by atoms with E-state index in [1.807, 2.05) is 24.3 Å². The van der Waals surface area contributed by atoms with Crippen molar-refractivity contribution in [2.24, 2.45) is 11.7 Å². The molecule has 0 radical (unpaired) electrons. The van der Waals surface area contributed by atoms with Gasteiger partial charge in [0.1, 0.15) is 5.84 Å². The largest absolute Gasteiger partial charge is 0.481 e. The normalized spacial score (nSPS) is 20.1. The average molecular weight is 261 g/mol. The molecule has 0 bridgehead atoms. The Kier molecular flexibility index (Phi) is 4.16. The smallest absolute Gasteiger partial charge is 0.307 e. The highest BCUT2D eigenvalue weighted by atomic mass is 16.4. The van der Waals surface area contributed by atoms with Crippen LogP contribution in [0.3, 0.4) is 0 Å². The molecule has 102 valence electrons. The van der Waals surface area contributed by atoms with Gasteiger partial charge in [-0.15, -0.1) is 0 Å². The second-order valence-corrected chi connectivity index (χ2v) is 5.03. The second kappa shape index (κ2) is 5.84. The van der Waals surface area contributed by atoms with Crippen LogP contribution in [0.15, 0.2) is 24.3 Å². The summed E-state index contributed by atoms with van der Waals surface area (Å²) in [5.41, 5.74) is 7.25. The number of nitrogen functional groups attached to an aromatic ring is 1. The maximum Gasteiger partial charge on any atom is 0.307 e. The van der Waals surface area contributed by atoms with Crippen LogP contribution in [0, 0.1) is 11.3 Å². The summed E-state index contributed by atoms with van der Waals surface area (Å²) in [6, 6.07) is 7.57. The number of carboxylic acids is 1. The van der Waals surface area contributed by atoms with E-state index in [1.54, 1.807) is 0 Å². The Morgan fingerprint density at radius 1 is 1.53 bits per heavy atom. The van der Waals surface area contributed by atoms with Gasteiger partial charge >= 0.3 is 5.97 Å². The Balaban J connectivity index is 2.02. The van der Waals surface area contributed by atoms with E-state index in [4.69, 9.17) is 16.2 Å². The van der Waals surface area contributed by atoms with E-state index >= 15 is 0 Å². The van der Waals surface area contributed by atoms with Crippen molar-refractivity contribution in [2.45, 2.75) is 19.4 Å². The molecule has 1 aliphatic rings. The highest BCUT2D eigenvalue weighted by Crippen LogP contribution is 2.19. The first-order chi connectivity index (χ1) is 9.06. The van der Waals surface area contributed by atoms with E-state index in [2.05, 4.69) is 4.90 Å². The molecule has 1 aromatic rings. The van der Waals surface area contributed by atoms with Crippen molar-refractivity contribution in [1.82, 2.24) is 4.90 Å². The first-order valence-electron chi connectivity index (χ1n) is 6.45. The van der Waals surface area contributed by atoms with E-state index in [0.717, 1.165) is 24.9 Å². The molecule has 1 atom stereocenters. The summed E-state index contributed by atoms with van der Waals surface area (Å²) in [7, 11) is 0. The van der Waals surface area contributed by atoms with Gasteiger partial charge in [-0.1, -0.05) is 18.2 Å². The summed E-state index contributed by atoms with van der Waals surface area (Å²) in [5.74, 6) is -0.907. The number of nitrogens with zero attached hydrogens (tertiary/aromatic N) is 1. The number of hydrogen-bond donors (Lipinski definition) is 3. The van der Waals surface area contributed by atoms with Crippen molar-refractivity contribution in [3.05, 3.63) is 35.4 Å². The molecule has 2 rings (SSSR count). The lowest BCUT2D eigenvalue weighted by atomic mass is 9.97. The van der Waals surface area contributed by atoms with Crippen LogP contribution < -0.4 is 5.73 Å². The summed E-state index contributed by atoms with van der Waals surface area (Å²) in [6.45, 7) is 2.23. The summed E-state index contributed by atoms with van der Waals surface area (Å²) >= 11 is 0. The average Bonchev–Trinajstić information content (AvgIpc) is 2.39. The van der Waals surface area contributed by atoms with Gasteiger partial charge in [0.05, 0.1) is 5.92 Å². The van der Waals surface area contributed by atoms with Crippen molar-refractivity contribution < 1.29 is 9.90 Å². The van der Waals surface area contributed by atoms with Crippen molar-refractivity contribution in [2.75, 3.05) is 13.1 Å². The maximum absolute atomic E-state index is 11.0. The van der Waals surface area contributed by atoms with E-state index in [1.165, 1.54) is 0 Å². The second-order valence-electron chi connectivity index (χ2n) is 5.03. The molecule has 1 aliphatic heterocycles. The lowest BCUT2D eigenvalue weighted by molar-refractivity contribution is -0.143. The predicted octanol–water partition coefficient (Wildman–Crippen LogP) is 1.27. The number of hydrogen-bond acceptors (Lipinski definition) is 3. The van der Waals surface area contributed by atoms with Crippen molar-refractivity contribution in [3.63, 3.8) is 0 Å². The minimum atomic E-state index is -0.706. The van der Waals surface area contributed by atoms with E-state index in [0.29, 0.717) is 18.7 Å². The fourth-order valence-electron chi connectivity index (χ4n) is 2.50. The van der Waals surface area contributed by atoms with Gasteiger partial charge < -0.3 is 10.8 Å². The molecule has 0 amide bonds. The highest BCUT2D eigenvalue weighted by Gasteiger charge is 2.25. The van der Waals surface area contributed by atoms with Crippen LogP contribution in [0.1, 0.15) is 24.0 Å². The fourth-order valence-corrected chi connectivity index (χ4v) is 2.50. The summed E-state index contributed by atoms with van der Waals surface area (Å²) in [5, 5.41) is 16.5. The van der Waals surface area contributed by atoms with Gasteiger partial charge in [-0.3, -0.25) is 15.1 Å². The minimum Gasteiger partial charge on any atom is -0.481 e. The SMILES string of the molecule is N=C(N)c1cccc(CN2CCCC(C(=O)O)C2)c1. The number of rotatable bonds is 4. The van der Waals surface area contributed by atoms with Crippen LogP contribution >= 0.6 is 0 Å². The van der Waals surface area contributed by atoms with Crippen LogP contribution in [0.2, 0.25) is 0 Å². The molecule has 0 aromatic heterocycles. The summed E-state index contributed by atoms with van der Waals surface area (Å²) in [4.78, 5) is 13.2. The topological polar surface area (TPSA) is 90.4 Å². The lowest BCUT2D eigenvalue weighted by Gasteiger charge is -2.30. The number of carbonyl (C=O) groups is 1. The molecular weight excluding hydrogens is 242 g/mol. The van der Waals surface area contributed by atoms with Gasteiger partial charge in [-0.25, -0.2) is 0 Å². The molecule has 19 heavy (non-hydrogen) atoms. The van der Waals surface area contributed by atoms with Crippen LogP contribution in [0.5, 0.6) is 0 Å². The zero-order valence-electron chi connectivity index (χ0n) is 10.8. The van der Waals surface area contributed by atoms with Crippen molar-refractivity contribution in [3.8, 4) is 0 Å². The van der Waals surface area contributed by atoms with Crippen LogP contribution in [-0.2, 0) is 11.3 Å². The van der Waals surface area contributed by atoms with Gasteiger partial charge in [-0.05, 0) is 31.0 Å². The van der Waals surface area contributed by atoms with Crippen molar-refractivity contribution >= 4 is 11.8 Å². The third-order valence-electron chi connectivity index (χ3n) is 3.50. The number of likely N-dealkylation sites (tertiary alicyclic amines) is 1. The quantitative estimate of drug-likeness (QED) is 0.562. The lowest BCUT2D eigenvalue weighted by Crippen LogP contribution is -2.38. The molecule has 1 fully saturated rings. The number of aliphatic carboxylic acids is 1. The number of piperidine rings is 1. The molecule has 0 saturated carbocycles. The first-order valence-corrected chi connectivity index (χ1v) is 6.45. The molecule has 1 heterocycles. The highest BCUT2D eigenvalue weighted by molar-refractivity contribution is 5.95. The zero-order chi connectivity index (χ0) is 13.8. The summed E-state index contributed by atoms with van der Waals surface area (Å²) < 4.78 is 0. The first kappa shape index (κ1) is 13.5. The fraction of sp³-hybridized carbons (Fsp3) is 0.429. The Labute approximate surface area is 112 Å². The molecule has 0 aliphatic carbocycles. The Hall–Kier alpha value is -1.88. The van der Waals surface area contributed by atoms with Gasteiger partial charge in [0.15, 0.2) is 0 Å². The zero-order valence-corrected chi connectivity index (χ0v) is 10.8. The third-order valence-corrected chi connectivity index (χ3v) is 3.50. The molecule has 4 N–H and O–H groups in total. The van der Waals surface area contributed by atoms with Crippen LogP contribution in [0.4, 0.5) is 0 Å². The van der Waals surface area contributed by atoms with E-state index < -0.39 is 5.97 Å². The van der Waals surface area contributed by atoms with Crippen molar-refractivity contribution in [1.29, 1.82) is 5.41 Å². The van der Waals surface area contributed by atoms with Gasteiger partial charge in [0.25, 0.3) is 0 Å². The minimum absolute atomic E-state index is 0.0592. The Morgan fingerprint density at radius 2 is 2.32 bits per heavy atom.